The van der Waals surface area contributed by atoms with Gasteiger partial charge in [-0.1, -0.05) is 0 Å². The van der Waals surface area contributed by atoms with Gasteiger partial charge in [-0.25, -0.2) is 0 Å². The summed E-state index contributed by atoms with van der Waals surface area (Å²) in [5.74, 6) is 1.58. The molecule has 2 heterocycles. The molecular weight excluding hydrogens is 216 g/mol. The predicted molar refractivity (Wildman–Crippen MR) is 66.4 cm³/mol. The number of nitrogens with two attached hydrogens (primary N) is 1. The van der Waals surface area contributed by atoms with Crippen molar-refractivity contribution in [2.24, 2.45) is 0 Å². The van der Waals surface area contributed by atoms with Gasteiger partial charge in [-0.2, -0.15) is 0 Å². The molecule has 2 aliphatic rings. The van der Waals surface area contributed by atoms with Gasteiger partial charge in [0.25, 0.3) is 0 Å². The molecule has 0 aliphatic carbocycles. The number of ether oxygens (including phenoxy) is 2. The van der Waals surface area contributed by atoms with Gasteiger partial charge in [-0.3, -0.25) is 4.90 Å². The van der Waals surface area contributed by atoms with Crippen LogP contribution >= 0.6 is 0 Å². The van der Waals surface area contributed by atoms with Gasteiger partial charge in [0.15, 0.2) is 11.5 Å². The summed E-state index contributed by atoms with van der Waals surface area (Å²) < 4.78 is 11.6. The van der Waals surface area contributed by atoms with Crippen molar-refractivity contribution in [2.75, 3.05) is 32.0 Å². The third-order valence-electron chi connectivity index (χ3n) is 3.35. The summed E-state index contributed by atoms with van der Waals surface area (Å²) in [4.78, 5) is 2.44. The molecular formula is C13H18N2O2. The van der Waals surface area contributed by atoms with E-state index in [0.29, 0.717) is 12.3 Å². The highest BCUT2D eigenvalue weighted by Crippen LogP contribution is 2.33. The zero-order valence-electron chi connectivity index (χ0n) is 9.89. The van der Waals surface area contributed by atoms with Crippen molar-refractivity contribution in [2.45, 2.75) is 18.9 Å². The fraction of sp³-hybridized carbons (Fsp3) is 0.538. The molecule has 0 unspecified atom stereocenters. The lowest BCUT2D eigenvalue weighted by atomic mass is 10.2. The lowest BCUT2D eigenvalue weighted by Crippen LogP contribution is -2.39. The Morgan fingerprint density at radius 3 is 2.88 bits per heavy atom. The van der Waals surface area contributed by atoms with E-state index in [9.17, 15) is 0 Å². The highest BCUT2D eigenvalue weighted by molar-refractivity contribution is 5.52. The van der Waals surface area contributed by atoms with Crippen molar-refractivity contribution in [3.63, 3.8) is 0 Å². The zero-order chi connectivity index (χ0) is 11.7. The Balaban J connectivity index is 1.65. The monoisotopic (exact) mass is 234 g/mol. The number of hydrogen-bond donors (Lipinski definition) is 1. The third-order valence-corrected chi connectivity index (χ3v) is 3.35. The van der Waals surface area contributed by atoms with E-state index in [1.165, 1.54) is 25.9 Å². The van der Waals surface area contributed by atoms with Crippen LogP contribution in [0.2, 0.25) is 0 Å². The molecule has 0 amide bonds. The quantitative estimate of drug-likeness (QED) is 0.788. The van der Waals surface area contributed by atoms with Crippen LogP contribution in [-0.4, -0.2) is 37.2 Å². The van der Waals surface area contributed by atoms with Gasteiger partial charge in [0.1, 0.15) is 12.7 Å². The number of benzene rings is 1. The summed E-state index contributed by atoms with van der Waals surface area (Å²) in [6.45, 7) is 3.96. The summed E-state index contributed by atoms with van der Waals surface area (Å²) in [6.07, 6.45) is 2.76. The van der Waals surface area contributed by atoms with Gasteiger partial charge in [0, 0.05) is 18.3 Å². The Kier molecular flexibility index (Phi) is 2.81. The molecule has 1 fully saturated rings. The number of rotatable bonds is 2. The smallest absolute Gasteiger partial charge is 0.163 e. The minimum atomic E-state index is 0.143. The van der Waals surface area contributed by atoms with Gasteiger partial charge in [-0.05, 0) is 38.1 Å². The first-order valence-electron chi connectivity index (χ1n) is 6.22. The fourth-order valence-corrected chi connectivity index (χ4v) is 2.47. The van der Waals surface area contributed by atoms with Crippen molar-refractivity contribution in [3.8, 4) is 11.5 Å². The third kappa shape index (κ3) is 2.31. The summed E-state index contributed by atoms with van der Waals surface area (Å²) >= 11 is 0. The van der Waals surface area contributed by atoms with Gasteiger partial charge in [0.05, 0.1) is 0 Å². The first-order chi connectivity index (χ1) is 8.31. The number of nitrogens with zero attached hydrogens (tertiary/aromatic N) is 1. The first-order valence-corrected chi connectivity index (χ1v) is 6.22. The van der Waals surface area contributed by atoms with E-state index in [4.69, 9.17) is 15.2 Å². The molecule has 0 aromatic heterocycles. The molecule has 0 bridgehead atoms. The van der Waals surface area contributed by atoms with Gasteiger partial charge < -0.3 is 15.2 Å². The van der Waals surface area contributed by atoms with Gasteiger partial charge in [0.2, 0.25) is 0 Å². The molecule has 1 aromatic rings. The molecule has 2 aliphatic heterocycles. The van der Waals surface area contributed by atoms with E-state index in [-0.39, 0.29) is 6.10 Å². The Labute approximate surface area is 101 Å². The van der Waals surface area contributed by atoms with Crippen molar-refractivity contribution in [1.29, 1.82) is 0 Å². The second-order valence-corrected chi connectivity index (χ2v) is 4.76. The average molecular weight is 234 g/mol. The van der Waals surface area contributed by atoms with Crippen LogP contribution in [0.5, 0.6) is 11.5 Å². The first kappa shape index (κ1) is 10.7. The van der Waals surface area contributed by atoms with E-state index in [2.05, 4.69) is 4.90 Å². The second kappa shape index (κ2) is 4.45. The topological polar surface area (TPSA) is 47.7 Å². The van der Waals surface area contributed by atoms with Crippen LogP contribution in [0.15, 0.2) is 18.2 Å². The largest absolute Gasteiger partial charge is 0.486 e. The molecule has 0 saturated carbocycles. The summed E-state index contributed by atoms with van der Waals surface area (Å²) in [7, 11) is 0. The van der Waals surface area contributed by atoms with Crippen LogP contribution in [-0.2, 0) is 0 Å². The highest BCUT2D eigenvalue weighted by atomic mass is 16.6. The Morgan fingerprint density at radius 2 is 2.06 bits per heavy atom. The molecule has 4 nitrogen and oxygen atoms in total. The molecule has 92 valence electrons. The van der Waals surface area contributed by atoms with Crippen molar-refractivity contribution in [1.82, 2.24) is 4.90 Å². The summed E-state index contributed by atoms with van der Waals surface area (Å²) in [5.41, 5.74) is 6.42. The minimum Gasteiger partial charge on any atom is -0.486 e. The normalized spacial score (nSPS) is 23.9. The Hall–Kier alpha value is -1.42. The van der Waals surface area contributed by atoms with E-state index in [1.54, 1.807) is 0 Å². The van der Waals surface area contributed by atoms with Crippen LogP contribution in [0.1, 0.15) is 12.8 Å². The molecule has 4 heteroatoms. The highest BCUT2D eigenvalue weighted by Gasteiger charge is 2.24. The lowest BCUT2D eigenvalue weighted by molar-refractivity contribution is 0.0651. The van der Waals surface area contributed by atoms with Gasteiger partial charge in [-0.15, -0.1) is 0 Å². The predicted octanol–water partition coefficient (Wildman–Crippen LogP) is 1.50. The van der Waals surface area contributed by atoms with Crippen LogP contribution < -0.4 is 15.2 Å². The molecule has 0 radical (unpaired) electrons. The number of likely N-dealkylation sites (tertiary alicyclic amines) is 1. The minimum absolute atomic E-state index is 0.143. The van der Waals surface area contributed by atoms with Crippen molar-refractivity contribution < 1.29 is 9.47 Å². The van der Waals surface area contributed by atoms with Crippen LogP contribution in [0.25, 0.3) is 0 Å². The second-order valence-electron chi connectivity index (χ2n) is 4.76. The standard InChI is InChI=1S/C13H18N2O2/c14-10-3-4-12-13(7-10)16-9-11(17-12)8-15-5-1-2-6-15/h3-4,7,11H,1-2,5-6,8-9,14H2/t11-/m0/s1. The summed E-state index contributed by atoms with van der Waals surface area (Å²) in [5, 5.41) is 0. The number of hydrogen-bond acceptors (Lipinski definition) is 4. The van der Waals surface area contributed by atoms with Crippen LogP contribution in [0.3, 0.4) is 0 Å². The van der Waals surface area contributed by atoms with Gasteiger partial charge >= 0.3 is 0 Å². The molecule has 2 N–H and O–H groups in total. The summed E-state index contributed by atoms with van der Waals surface area (Å²) in [6, 6.07) is 5.56. The number of fused-ring (bicyclic) bond motifs is 1. The average Bonchev–Trinajstić information content (AvgIpc) is 2.82. The Bertz CT molecular complexity index is 402. The van der Waals surface area contributed by atoms with E-state index in [0.717, 1.165) is 18.0 Å². The molecule has 1 atom stereocenters. The molecule has 3 rings (SSSR count). The molecule has 17 heavy (non-hydrogen) atoms. The maximum Gasteiger partial charge on any atom is 0.163 e. The maximum atomic E-state index is 5.93. The van der Waals surface area contributed by atoms with Crippen molar-refractivity contribution >= 4 is 5.69 Å². The fourth-order valence-electron chi connectivity index (χ4n) is 2.47. The zero-order valence-corrected chi connectivity index (χ0v) is 9.89. The van der Waals surface area contributed by atoms with Crippen LogP contribution in [0.4, 0.5) is 5.69 Å². The van der Waals surface area contributed by atoms with Crippen LogP contribution in [0, 0.1) is 0 Å². The number of nitrogen functional groups attached to an aromatic ring is 1. The molecule has 1 saturated heterocycles. The molecule has 1 aromatic carbocycles. The Morgan fingerprint density at radius 1 is 1.24 bits per heavy atom. The van der Waals surface area contributed by atoms with E-state index in [1.807, 2.05) is 18.2 Å². The van der Waals surface area contributed by atoms with Crippen molar-refractivity contribution in [3.05, 3.63) is 18.2 Å². The lowest BCUT2D eigenvalue weighted by Gasteiger charge is -2.29. The molecule has 0 spiro atoms. The SMILES string of the molecule is Nc1ccc2c(c1)OC[C@H](CN1CCCC1)O2. The van der Waals surface area contributed by atoms with E-state index < -0.39 is 0 Å². The van der Waals surface area contributed by atoms with E-state index >= 15 is 0 Å². The maximum absolute atomic E-state index is 5.93. The number of anilines is 1.